The van der Waals surface area contributed by atoms with Crippen molar-refractivity contribution in [2.45, 2.75) is 13.1 Å². The summed E-state index contributed by atoms with van der Waals surface area (Å²) < 4.78 is 43.8. The van der Waals surface area contributed by atoms with Crippen LogP contribution in [0, 0.1) is 10.1 Å². The maximum Gasteiger partial charge on any atom is 0.416 e. The first-order valence-electron chi connectivity index (χ1n) is 10.4. The Morgan fingerprint density at radius 3 is 2.29 bits per heavy atom. The van der Waals surface area contributed by atoms with Crippen molar-refractivity contribution < 1.29 is 37.2 Å². The lowest BCUT2D eigenvalue weighted by atomic mass is 10.1. The fourth-order valence-corrected chi connectivity index (χ4v) is 3.12. The van der Waals surface area contributed by atoms with E-state index in [-0.39, 0.29) is 22.0 Å². The van der Waals surface area contributed by atoms with Crippen LogP contribution in [0.1, 0.15) is 28.4 Å². The van der Waals surface area contributed by atoms with Gasteiger partial charge < -0.3 is 10.1 Å². The van der Waals surface area contributed by atoms with Crippen LogP contribution in [-0.4, -0.2) is 28.4 Å². The molecule has 0 aliphatic rings. The van der Waals surface area contributed by atoms with Crippen LogP contribution in [0.2, 0.25) is 5.02 Å². The number of carbonyl (C=O) groups excluding carboxylic acids is 3. The monoisotopic (exact) mass is 548 g/mol. The van der Waals surface area contributed by atoms with Gasteiger partial charge in [-0.3, -0.25) is 19.7 Å². The van der Waals surface area contributed by atoms with Crippen LogP contribution in [0.4, 0.5) is 24.5 Å². The van der Waals surface area contributed by atoms with Gasteiger partial charge in [0.2, 0.25) is 0 Å². The van der Waals surface area contributed by atoms with E-state index in [4.69, 9.17) is 16.3 Å². The Hall–Kier alpha value is -4.78. The van der Waals surface area contributed by atoms with Crippen LogP contribution in [0.3, 0.4) is 0 Å². The van der Waals surface area contributed by atoms with E-state index in [2.05, 4.69) is 5.10 Å². The Morgan fingerprint density at radius 2 is 1.66 bits per heavy atom. The van der Waals surface area contributed by atoms with Crippen molar-refractivity contribution in [3.05, 3.63) is 98.6 Å². The number of halogens is 4. The number of nitro groups is 1. The molecule has 3 aromatic rings. The fraction of sp³-hybridized carbons (Fsp3) is 0.0833. The molecule has 2 N–H and O–H groups in total. The molecule has 0 atom stereocenters. The summed E-state index contributed by atoms with van der Waals surface area (Å²) in [5.41, 5.74) is 0.521. The summed E-state index contributed by atoms with van der Waals surface area (Å²) in [6.07, 6.45) is -4.68. The van der Waals surface area contributed by atoms with Crippen molar-refractivity contribution in [1.82, 2.24) is 5.43 Å². The number of carbonyl (C=O) groups is 3. The number of anilines is 1. The number of amides is 2. The van der Waals surface area contributed by atoms with Crippen molar-refractivity contribution in [2.75, 3.05) is 5.32 Å². The summed E-state index contributed by atoms with van der Waals surface area (Å²) in [5.74, 6) is -3.44. The highest BCUT2D eigenvalue weighted by molar-refractivity contribution is 6.41. The van der Waals surface area contributed by atoms with Gasteiger partial charge in [0.15, 0.2) is 0 Å². The maximum atomic E-state index is 12.9. The average molecular weight is 549 g/mol. The van der Waals surface area contributed by atoms with Crippen LogP contribution < -0.4 is 15.5 Å². The van der Waals surface area contributed by atoms with Crippen LogP contribution in [0.5, 0.6) is 5.75 Å². The highest BCUT2D eigenvalue weighted by Crippen LogP contribution is 2.33. The molecule has 0 heterocycles. The van der Waals surface area contributed by atoms with Gasteiger partial charge in [-0.1, -0.05) is 23.7 Å². The number of nitrogens with zero attached hydrogens (tertiary/aromatic N) is 2. The molecule has 38 heavy (non-hydrogen) atoms. The molecular weight excluding hydrogens is 533 g/mol. The molecular formula is C24H16ClF3N4O6. The Bertz CT molecular complexity index is 1440. The summed E-state index contributed by atoms with van der Waals surface area (Å²) >= 11 is 5.80. The van der Waals surface area contributed by atoms with Crippen LogP contribution in [0.15, 0.2) is 71.8 Å². The molecule has 0 aromatic heterocycles. The smallest absolute Gasteiger partial charge is 0.416 e. The molecule has 0 bridgehead atoms. The summed E-state index contributed by atoms with van der Waals surface area (Å²) in [7, 11) is 0. The normalized spacial score (nSPS) is 11.4. The number of hydrazone groups is 1. The molecule has 196 valence electrons. The highest BCUT2D eigenvalue weighted by Gasteiger charge is 2.31. The lowest BCUT2D eigenvalue weighted by molar-refractivity contribution is -0.385. The number of para-hydroxylation sites is 1. The molecule has 10 nitrogen and oxygen atoms in total. The lowest BCUT2D eigenvalue weighted by Crippen LogP contribution is -2.33. The standard InChI is InChI=1S/C24H16ClF3N4O6/c1-13(30-31-22(34)21(33)29-19-12-15(24(26,27)28)8-11-18(19)25)14-6-9-16(10-7-14)38-23(35)17-4-2-3-5-20(17)32(36)37/h2-12H,1H3,(H,29,33)(H,31,34)/b30-13+. The summed E-state index contributed by atoms with van der Waals surface area (Å²) in [5, 5.41) is 16.6. The third kappa shape index (κ3) is 6.91. The van der Waals surface area contributed by atoms with Crippen molar-refractivity contribution in [3.8, 4) is 5.75 Å². The van der Waals surface area contributed by atoms with Gasteiger partial charge in [0.25, 0.3) is 5.69 Å². The highest BCUT2D eigenvalue weighted by atomic mass is 35.5. The second-order valence-electron chi connectivity index (χ2n) is 7.47. The Kier molecular flexibility index (Phi) is 8.43. The quantitative estimate of drug-likeness (QED) is 0.111. The van der Waals surface area contributed by atoms with Crippen molar-refractivity contribution >= 4 is 46.5 Å². The third-order valence-corrected chi connectivity index (χ3v) is 5.21. The Balaban J connectivity index is 1.63. The minimum absolute atomic E-state index is 0.0751. The van der Waals surface area contributed by atoms with Gasteiger partial charge in [0.1, 0.15) is 11.3 Å². The number of ether oxygens (including phenoxy) is 1. The minimum Gasteiger partial charge on any atom is -0.423 e. The molecule has 0 fully saturated rings. The Labute approximate surface area is 217 Å². The number of benzene rings is 3. The van der Waals surface area contributed by atoms with Crippen LogP contribution in [0.25, 0.3) is 0 Å². The van der Waals surface area contributed by atoms with E-state index in [1.165, 1.54) is 55.5 Å². The maximum absolute atomic E-state index is 12.9. The van der Waals surface area contributed by atoms with Gasteiger partial charge >= 0.3 is 24.0 Å². The SMILES string of the molecule is C/C(=N\NC(=O)C(=O)Nc1cc(C(F)(F)F)ccc1Cl)c1ccc(OC(=O)c2ccccc2[N+](=O)[O-])cc1. The number of alkyl halides is 3. The average Bonchev–Trinajstić information content (AvgIpc) is 2.87. The van der Waals surface area contributed by atoms with Gasteiger partial charge in [-0.05, 0) is 61.0 Å². The van der Waals surface area contributed by atoms with Crippen molar-refractivity contribution in [1.29, 1.82) is 0 Å². The third-order valence-electron chi connectivity index (χ3n) is 4.88. The van der Waals surface area contributed by atoms with E-state index in [9.17, 15) is 37.7 Å². The summed E-state index contributed by atoms with van der Waals surface area (Å²) in [6, 6.07) is 13.2. The van der Waals surface area contributed by atoms with Crippen LogP contribution >= 0.6 is 11.6 Å². The van der Waals surface area contributed by atoms with E-state index in [0.717, 1.165) is 12.1 Å². The lowest BCUT2D eigenvalue weighted by Gasteiger charge is -2.11. The molecule has 0 aliphatic heterocycles. The van der Waals surface area contributed by atoms with Gasteiger partial charge in [0.05, 0.1) is 26.9 Å². The van der Waals surface area contributed by atoms with E-state index in [1.54, 1.807) is 0 Å². The predicted molar refractivity (Wildman–Crippen MR) is 130 cm³/mol. The second kappa shape index (κ2) is 11.5. The zero-order valence-corrected chi connectivity index (χ0v) is 20.0. The zero-order chi connectivity index (χ0) is 28.0. The minimum atomic E-state index is -4.68. The second-order valence-corrected chi connectivity index (χ2v) is 7.88. The molecule has 0 aliphatic carbocycles. The molecule has 3 aromatic carbocycles. The van der Waals surface area contributed by atoms with E-state index in [0.29, 0.717) is 11.6 Å². The first-order valence-corrected chi connectivity index (χ1v) is 10.8. The van der Waals surface area contributed by atoms with Crippen LogP contribution in [-0.2, 0) is 15.8 Å². The molecule has 3 rings (SSSR count). The number of nitrogens with one attached hydrogen (secondary N) is 2. The molecule has 14 heteroatoms. The number of hydrogen-bond acceptors (Lipinski definition) is 7. The van der Waals surface area contributed by atoms with Gasteiger partial charge in [-0.2, -0.15) is 18.3 Å². The predicted octanol–water partition coefficient (Wildman–Crippen LogP) is 4.97. The topological polar surface area (TPSA) is 140 Å². The number of rotatable bonds is 6. The zero-order valence-electron chi connectivity index (χ0n) is 19.2. The number of esters is 1. The van der Waals surface area contributed by atoms with Gasteiger partial charge in [-0.25, -0.2) is 10.2 Å². The van der Waals surface area contributed by atoms with Gasteiger partial charge in [-0.15, -0.1) is 0 Å². The molecule has 0 saturated carbocycles. The molecule has 2 amide bonds. The first-order chi connectivity index (χ1) is 17.9. The first kappa shape index (κ1) is 27.8. The molecule has 0 radical (unpaired) electrons. The molecule has 0 spiro atoms. The Morgan fingerprint density at radius 1 is 1.00 bits per heavy atom. The molecule has 0 saturated heterocycles. The van der Waals surface area contributed by atoms with Crippen molar-refractivity contribution in [3.63, 3.8) is 0 Å². The van der Waals surface area contributed by atoms with E-state index < -0.39 is 45.8 Å². The summed E-state index contributed by atoms with van der Waals surface area (Å²) in [6.45, 7) is 1.48. The summed E-state index contributed by atoms with van der Waals surface area (Å²) in [4.78, 5) is 46.8. The number of hydrogen-bond donors (Lipinski definition) is 2. The molecule has 0 unspecified atom stereocenters. The number of nitro benzene ring substituents is 1. The fourth-order valence-electron chi connectivity index (χ4n) is 2.96. The largest absolute Gasteiger partial charge is 0.423 e. The van der Waals surface area contributed by atoms with E-state index >= 15 is 0 Å². The van der Waals surface area contributed by atoms with Crippen molar-refractivity contribution in [2.24, 2.45) is 5.10 Å². The van der Waals surface area contributed by atoms with E-state index in [1.807, 2.05) is 10.7 Å². The van der Waals surface area contributed by atoms with Gasteiger partial charge in [0, 0.05) is 6.07 Å².